The second-order valence-electron chi connectivity index (χ2n) is 5.52. The van der Waals surface area contributed by atoms with Crippen LogP contribution in [0.25, 0.3) is 0 Å². The summed E-state index contributed by atoms with van der Waals surface area (Å²) < 4.78 is 0. The molecule has 0 radical (unpaired) electrons. The Bertz CT molecular complexity index is 854. The predicted octanol–water partition coefficient (Wildman–Crippen LogP) is 4.52. The molecule has 2 aromatic rings. The van der Waals surface area contributed by atoms with Crippen LogP contribution in [0.4, 0.5) is 5.69 Å². The minimum atomic E-state index is -0.752. The Hall–Kier alpha value is -2.42. The first kappa shape index (κ1) is 18.9. The van der Waals surface area contributed by atoms with Crippen LogP contribution in [0.1, 0.15) is 16.7 Å². The summed E-state index contributed by atoms with van der Waals surface area (Å²) in [6.45, 7) is 4.03. The quantitative estimate of drug-likeness (QED) is 0.577. The molecule has 2 aromatic carbocycles. The minimum Gasteiger partial charge on any atom is -0.365 e. The van der Waals surface area contributed by atoms with Gasteiger partial charge in [-0.25, -0.2) is 0 Å². The summed E-state index contributed by atoms with van der Waals surface area (Å²) in [4.78, 5) is 11.6. The van der Waals surface area contributed by atoms with Crippen molar-refractivity contribution in [2.24, 2.45) is 5.73 Å². The molecule has 0 unspecified atom stereocenters. The molecule has 0 aliphatic rings. The molecule has 6 heteroatoms. The zero-order valence-corrected chi connectivity index (χ0v) is 15.5. The zero-order chi connectivity index (χ0) is 18.4. The highest BCUT2D eigenvalue weighted by Crippen LogP contribution is 2.27. The fourth-order valence-corrected chi connectivity index (χ4v) is 3.18. The van der Waals surface area contributed by atoms with Gasteiger partial charge in [0.15, 0.2) is 0 Å². The number of rotatable bonds is 6. The lowest BCUT2D eigenvalue weighted by Crippen LogP contribution is -2.16. The van der Waals surface area contributed by atoms with Gasteiger partial charge in [-0.05, 0) is 54.8 Å². The van der Waals surface area contributed by atoms with Gasteiger partial charge in [-0.2, -0.15) is 5.26 Å². The molecule has 0 atom stereocenters. The van der Waals surface area contributed by atoms with Crippen molar-refractivity contribution in [3.8, 4) is 6.07 Å². The summed E-state index contributed by atoms with van der Waals surface area (Å²) in [7, 11) is 0. The lowest BCUT2D eigenvalue weighted by atomic mass is 10.1. The number of hydrogen-bond donors (Lipinski definition) is 2. The second-order valence-corrected chi connectivity index (χ2v) is 6.94. The molecular formula is C19H18ClN3OS. The van der Waals surface area contributed by atoms with Crippen LogP contribution in [0.5, 0.6) is 0 Å². The lowest BCUT2D eigenvalue weighted by Gasteiger charge is -2.13. The fraction of sp³-hybridized carbons (Fsp3) is 0.158. The van der Waals surface area contributed by atoms with Crippen LogP contribution >= 0.6 is 23.4 Å². The summed E-state index contributed by atoms with van der Waals surface area (Å²) in [5.74, 6) is -0.180. The van der Waals surface area contributed by atoms with Gasteiger partial charge >= 0.3 is 0 Å². The Morgan fingerprint density at radius 1 is 1.20 bits per heavy atom. The van der Waals surface area contributed by atoms with E-state index in [1.54, 1.807) is 12.1 Å². The van der Waals surface area contributed by atoms with E-state index in [0.29, 0.717) is 15.8 Å². The smallest absolute Gasteiger partial charge is 0.262 e. The molecule has 0 saturated heterocycles. The van der Waals surface area contributed by atoms with Crippen LogP contribution in [0.15, 0.2) is 53.1 Å². The van der Waals surface area contributed by atoms with E-state index in [9.17, 15) is 10.1 Å². The minimum absolute atomic E-state index is 0.0859. The van der Waals surface area contributed by atoms with Crippen molar-refractivity contribution in [3.05, 3.63) is 74.8 Å². The molecule has 0 fully saturated rings. The van der Waals surface area contributed by atoms with E-state index in [-0.39, 0.29) is 5.57 Å². The average Bonchev–Trinajstić information content (AvgIpc) is 2.57. The standard InChI is InChI=1S/C19H18ClN3OS/c1-12-3-8-16(9-13(12)2)23-19(17(10-21)18(22)24)25-11-14-4-6-15(20)7-5-14/h3-9,23H,11H2,1-2H3,(H2,22,24). The highest BCUT2D eigenvalue weighted by atomic mass is 35.5. The van der Waals surface area contributed by atoms with Gasteiger partial charge in [-0.3, -0.25) is 4.79 Å². The Kier molecular flexibility index (Phi) is 6.51. The number of primary amides is 1. The van der Waals surface area contributed by atoms with Crippen LogP contribution < -0.4 is 11.1 Å². The average molecular weight is 372 g/mol. The van der Waals surface area contributed by atoms with E-state index in [0.717, 1.165) is 16.8 Å². The lowest BCUT2D eigenvalue weighted by molar-refractivity contribution is -0.114. The van der Waals surface area contributed by atoms with E-state index >= 15 is 0 Å². The summed E-state index contributed by atoms with van der Waals surface area (Å²) in [5.41, 5.74) is 9.38. The summed E-state index contributed by atoms with van der Waals surface area (Å²) in [6, 6.07) is 15.2. The van der Waals surface area contributed by atoms with Crippen molar-refractivity contribution in [3.63, 3.8) is 0 Å². The molecule has 4 nitrogen and oxygen atoms in total. The van der Waals surface area contributed by atoms with Crippen LogP contribution in [0, 0.1) is 25.2 Å². The highest BCUT2D eigenvalue weighted by Gasteiger charge is 2.14. The molecule has 2 rings (SSSR count). The summed E-state index contributed by atoms with van der Waals surface area (Å²) >= 11 is 7.24. The maximum Gasteiger partial charge on any atom is 0.262 e. The van der Waals surface area contributed by atoms with Crippen LogP contribution in [0.2, 0.25) is 5.02 Å². The second kappa shape index (κ2) is 8.61. The molecule has 0 heterocycles. The van der Waals surface area contributed by atoms with E-state index in [1.165, 1.54) is 17.3 Å². The molecule has 3 N–H and O–H groups in total. The van der Waals surface area contributed by atoms with Crippen molar-refractivity contribution < 1.29 is 4.79 Å². The topological polar surface area (TPSA) is 78.9 Å². The fourth-order valence-electron chi connectivity index (χ4n) is 2.07. The highest BCUT2D eigenvalue weighted by molar-refractivity contribution is 8.02. The third-order valence-electron chi connectivity index (χ3n) is 3.65. The van der Waals surface area contributed by atoms with Crippen LogP contribution in [0.3, 0.4) is 0 Å². The maximum atomic E-state index is 11.6. The first-order valence-electron chi connectivity index (χ1n) is 7.56. The SMILES string of the molecule is Cc1ccc(NC(SCc2ccc(Cl)cc2)=C(C#N)C(N)=O)cc1C. The van der Waals surface area contributed by atoms with Gasteiger partial charge in [0.1, 0.15) is 11.6 Å². The largest absolute Gasteiger partial charge is 0.365 e. The van der Waals surface area contributed by atoms with Crippen molar-refractivity contribution in [1.82, 2.24) is 0 Å². The van der Waals surface area contributed by atoms with E-state index in [2.05, 4.69) is 5.32 Å². The number of amides is 1. The van der Waals surface area contributed by atoms with E-state index in [1.807, 2.05) is 50.2 Å². The van der Waals surface area contributed by atoms with Gasteiger partial charge in [0.2, 0.25) is 0 Å². The van der Waals surface area contributed by atoms with Gasteiger partial charge in [0.05, 0.1) is 5.03 Å². The molecule has 128 valence electrons. The van der Waals surface area contributed by atoms with Crippen molar-refractivity contribution in [1.29, 1.82) is 5.26 Å². The molecule has 0 aliphatic carbocycles. The predicted molar refractivity (Wildman–Crippen MR) is 104 cm³/mol. The molecule has 0 saturated carbocycles. The number of benzene rings is 2. The van der Waals surface area contributed by atoms with Crippen molar-refractivity contribution in [2.45, 2.75) is 19.6 Å². The number of nitrogens with zero attached hydrogens (tertiary/aromatic N) is 1. The number of anilines is 1. The summed E-state index contributed by atoms with van der Waals surface area (Å²) in [6.07, 6.45) is 0. The Morgan fingerprint density at radius 2 is 1.88 bits per heavy atom. The third-order valence-corrected chi connectivity index (χ3v) is 4.97. The molecule has 0 spiro atoms. The maximum absolute atomic E-state index is 11.6. The van der Waals surface area contributed by atoms with Gasteiger partial charge < -0.3 is 11.1 Å². The van der Waals surface area contributed by atoms with Crippen molar-refractivity contribution >= 4 is 35.0 Å². The van der Waals surface area contributed by atoms with Gasteiger partial charge in [0.25, 0.3) is 5.91 Å². The first-order valence-corrected chi connectivity index (χ1v) is 8.92. The van der Waals surface area contributed by atoms with Crippen molar-refractivity contribution in [2.75, 3.05) is 5.32 Å². The monoisotopic (exact) mass is 371 g/mol. The van der Waals surface area contributed by atoms with Crippen LogP contribution in [-0.2, 0) is 10.5 Å². The molecule has 25 heavy (non-hydrogen) atoms. The molecule has 1 amide bonds. The number of carbonyl (C=O) groups excluding carboxylic acids is 1. The number of thioether (sulfide) groups is 1. The Morgan fingerprint density at radius 3 is 2.44 bits per heavy atom. The number of hydrogen-bond acceptors (Lipinski definition) is 4. The molecule has 0 aliphatic heterocycles. The summed E-state index contributed by atoms with van der Waals surface area (Å²) in [5, 5.41) is 13.5. The number of nitriles is 1. The van der Waals surface area contributed by atoms with Gasteiger partial charge in [0, 0.05) is 16.5 Å². The third kappa shape index (κ3) is 5.28. The number of halogens is 1. The number of nitrogens with one attached hydrogen (secondary N) is 1. The van der Waals surface area contributed by atoms with E-state index in [4.69, 9.17) is 17.3 Å². The van der Waals surface area contributed by atoms with Gasteiger partial charge in [-0.15, -0.1) is 11.8 Å². The molecular weight excluding hydrogens is 354 g/mol. The first-order chi connectivity index (χ1) is 11.9. The van der Waals surface area contributed by atoms with E-state index < -0.39 is 5.91 Å². The zero-order valence-electron chi connectivity index (χ0n) is 14.0. The normalized spacial score (nSPS) is 11.4. The Balaban J connectivity index is 2.27. The number of aryl methyl sites for hydroxylation is 2. The Labute approximate surface area is 156 Å². The number of nitrogens with two attached hydrogens (primary N) is 1. The number of carbonyl (C=O) groups is 1. The van der Waals surface area contributed by atoms with Crippen LogP contribution in [-0.4, -0.2) is 5.91 Å². The van der Waals surface area contributed by atoms with Gasteiger partial charge in [-0.1, -0.05) is 29.8 Å². The molecule has 0 bridgehead atoms. The molecule has 0 aromatic heterocycles.